The maximum atomic E-state index is 4.52. The van der Waals surface area contributed by atoms with Crippen molar-refractivity contribution in [1.29, 1.82) is 0 Å². The van der Waals surface area contributed by atoms with E-state index in [2.05, 4.69) is 29.1 Å². The summed E-state index contributed by atoms with van der Waals surface area (Å²) in [6.07, 6.45) is 1.97. The topological polar surface area (TPSA) is 30.2 Å². The zero-order valence-corrected chi connectivity index (χ0v) is 9.03. The van der Waals surface area contributed by atoms with E-state index in [0.717, 1.165) is 10.7 Å². The lowest BCUT2D eigenvalue weighted by atomic mass is 10.1. The molecular formula is C11H9N3S. The molecule has 2 aromatic heterocycles. The van der Waals surface area contributed by atoms with Gasteiger partial charge >= 0.3 is 0 Å². The minimum atomic E-state index is 0.938. The molecule has 0 unspecified atom stereocenters. The summed E-state index contributed by atoms with van der Waals surface area (Å²) in [6.45, 7) is 2.09. The van der Waals surface area contributed by atoms with Crippen LogP contribution in [0.3, 0.4) is 0 Å². The molecule has 4 heteroatoms. The maximum Gasteiger partial charge on any atom is 0.212 e. The van der Waals surface area contributed by atoms with Crippen LogP contribution in [0.2, 0.25) is 0 Å². The summed E-state index contributed by atoms with van der Waals surface area (Å²) >= 11 is 1.55. The van der Waals surface area contributed by atoms with Crippen molar-refractivity contribution in [1.82, 2.24) is 14.6 Å². The second kappa shape index (κ2) is 3.17. The highest BCUT2D eigenvalue weighted by Crippen LogP contribution is 2.23. The van der Waals surface area contributed by atoms with Gasteiger partial charge in [-0.05, 0) is 12.5 Å². The quantitative estimate of drug-likeness (QED) is 0.624. The first kappa shape index (κ1) is 8.61. The molecule has 74 valence electrons. The van der Waals surface area contributed by atoms with Gasteiger partial charge in [-0.3, -0.25) is 0 Å². The van der Waals surface area contributed by atoms with E-state index >= 15 is 0 Å². The molecule has 0 atom stereocenters. The molecule has 0 radical (unpaired) electrons. The summed E-state index contributed by atoms with van der Waals surface area (Å²) in [6, 6.07) is 8.25. The Hall–Kier alpha value is -1.68. The molecule has 0 spiro atoms. The third-order valence-corrected chi connectivity index (χ3v) is 3.10. The zero-order valence-electron chi connectivity index (χ0n) is 8.21. The first-order valence-corrected chi connectivity index (χ1v) is 5.57. The molecule has 0 amide bonds. The standard InChI is InChI=1S/C11H9N3S/c1-8-4-2-3-5-9(8)10-6-14-11(13-10)15-7-12-14/h2-7H,1H3. The number of hydrogen-bond donors (Lipinski definition) is 0. The summed E-state index contributed by atoms with van der Waals surface area (Å²) < 4.78 is 1.81. The fourth-order valence-corrected chi connectivity index (χ4v) is 2.23. The van der Waals surface area contributed by atoms with Crippen LogP contribution in [-0.4, -0.2) is 14.6 Å². The second-order valence-electron chi connectivity index (χ2n) is 3.41. The Morgan fingerprint density at radius 3 is 2.93 bits per heavy atom. The van der Waals surface area contributed by atoms with E-state index in [9.17, 15) is 0 Å². The zero-order chi connectivity index (χ0) is 10.3. The van der Waals surface area contributed by atoms with Crippen LogP contribution < -0.4 is 0 Å². The van der Waals surface area contributed by atoms with Gasteiger partial charge < -0.3 is 0 Å². The highest BCUT2D eigenvalue weighted by atomic mass is 32.1. The molecule has 0 bridgehead atoms. The first-order chi connectivity index (χ1) is 7.34. The largest absolute Gasteiger partial charge is 0.217 e. The number of fused-ring (bicyclic) bond motifs is 1. The summed E-state index contributed by atoms with van der Waals surface area (Å²) in [5.74, 6) is 0. The Balaban J connectivity index is 2.22. The molecule has 0 fully saturated rings. The Morgan fingerprint density at radius 2 is 2.13 bits per heavy atom. The predicted molar refractivity (Wildman–Crippen MR) is 61.0 cm³/mol. The Morgan fingerprint density at radius 1 is 1.27 bits per heavy atom. The lowest BCUT2D eigenvalue weighted by Gasteiger charge is -1.99. The molecule has 0 aliphatic rings. The number of hydrogen-bond acceptors (Lipinski definition) is 3. The van der Waals surface area contributed by atoms with E-state index in [4.69, 9.17) is 0 Å². The predicted octanol–water partition coefficient (Wildman–Crippen LogP) is 2.77. The van der Waals surface area contributed by atoms with Gasteiger partial charge in [0, 0.05) is 5.56 Å². The minimum absolute atomic E-state index is 0.938. The molecule has 2 heterocycles. The van der Waals surface area contributed by atoms with Crippen LogP contribution in [0, 0.1) is 6.92 Å². The van der Waals surface area contributed by atoms with Gasteiger partial charge in [-0.2, -0.15) is 5.10 Å². The number of benzene rings is 1. The highest BCUT2D eigenvalue weighted by molar-refractivity contribution is 7.14. The number of rotatable bonds is 1. The van der Waals surface area contributed by atoms with Gasteiger partial charge in [-0.1, -0.05) is 35.6 Å². The third-order valence-electron chi connectivity index (χ3n) is 2.41. The average Bonchev–Trinajstić information content (AvgIpc) is 2.77. The molecule has 1 aromatic carbocycles. The van der Waals surface area contributed by atoms with E-state index in [1.54, 1.807) is 16.8 Å². The van der Waals surface area contributed by atoms with Gasteiger partial charge in [0.25, 0.3) is 0 Å². The van der Waals surface area contributed by atoms with Crippen LogP contribution in [-0.2, 0) is 0 Å². The highest BCUT2D eigenvalue weighted by Gasteiger charge is 2.07. The van der Waals surface area contributed by atoms with Crippen molar-refractivity contribution in [3.8, 4) is 11.3 Å². The SMILES string of the molecule is Cc1ccccc1-c1cn2ncsc2n1. The number of aryl methyl sites for hydroxylation is 1. The van der Waals surface area contributed by atoms with Crippen LogP contribution >= 0.6 is 11.3 Å². The Labute approximate surface area is 91.0 Å². The van der Waals surface area contributed by atoms with Crippen LogP contribution in [0.1, 0.15) is 5.56 Å². The molecule has 0 aliphatic carbocycles. The average molecular weight is 215 g/mol. The van der Waals surface area contributed by atoms with Crippen molar-refractivity contribution in [2.75, 3.05) is 0 Å². The molecule has 0 saturated heterocycles. The van der Waals surface area contributed by atoms with E-state index in [1.807, 2.05) is 22.8 Å². The lowest BCUT2D eigenvalue weighted by Crippen LogP contribution is -1.82. The monoisotopic (exact) mass is 215 g/mol. The molecule has 15 heavy (non-hydrogen) atoms. The molecule has 3 aromatic rings. The van der Waals surface area contributed by atoms with E-state index in [-0.39, 0.29) is 0 Å². The van der Waals surface area contributed by atoms with E-state index in [1.165, 1.54) is 11.1 Å². The Bertz CT molecular complexity index is 580. The number of nitrogens with zero attached hydrogens (tertiary/aromatic N) is 3. The summed E-state index contributed by atoms with van der Waals surface area (Å²) in [5, 5.41) is 4.17. The molecule has 0 N–H and O–H groups in total. The minimum Gasteiger partial charge on any atom is -0.217 e. The second-order valence-corrected chi connectivity index (χ2v) is 4.22. The van der Waals surface area contributed by atoms with Crippen LogP contribution in [0.15, 0.2) is 36.0 Å². The fourth-order valence-electron chi connectivity index (χ4n) is 1.63. The Kier molecular flexibility index (Phi) is 1.82. The van der Waals surface area contributed by atoms with Gasteiger partial charge in [0.15, 0.2) is 0 Å². The lowest BCUT2D eigenvalue weighted by molar-refractivity contribution is 0.974. The normalized spacial score (nSPS) is 11.0. The molecule has 0 saturated carbocycles. The number of imidazole rings is 1. The molecular weight excluding hydrogens is 206 g/mol. The van der Waals surface area contributed by atoms with Crippen molar-refractivity contribution in [2.45, 2.75) is 6.92 Å². The van der Waals surface area contributed by atoms with Crippen LogP contribution in [0.25, 0.3) is 16.2 Å². The number of aromatic nitrogens is 3. The van der Waals surface area contributed by atoms with E-state index < -0.39 is 0 Å². The van der Waals surface area contributed by atoms with Crippen molar-refractivity contribution < 1.29 is 0 Å². The molecule has 0 aliphatic heterocycles. The third kappa shape index (κ3) is 1.34. The van der Waals surface area contributed by atoms with Gasteiger partial charge in [0.05, 0.1) is 11.9 Å². The molecule has 3 rings (SSSR count). The summed E-state index contributed by atoms with van der Waals surface area (Å²) in [5.41, 5.74) is 5.20. The smallest absolute Gasteiger partial charge is 0.212 e. The summed E-state index contributed by atoms with van der Waals surface area (Å²) in [7, 11) is 0. The van der Waals surface area contributed by atoms with Crippen molar-refractivity contribution in [3.63, 3.8) is 0 Å². The van der Waals surface area contributed by atoms with Crippen molar-refractivity contribution in [3.05, 3.63) is 41.5 Å². The van der Waals surface area contributed by atoms with Gasteiger partial charge in [-0.25, -0.2) is 9.50 Å². The van der Waals surface area contributed by atoms with Crippen LogP contribution in [0.4, 0.5) is 0 Å². The maximum absolute atomic E-state index is 4.52. The fraction of sp³-hybridized carbons (Fsp3) is 0.0909. The van der Waals surface area contributed by atoms with Gasteiger partial charge in [-0.15, -0.1) is 0 Å². The summed E-state index contributed by atoms with van der Waals surface area (Å²) in [4.78, 5) is 5.46. The van der Waals surface area contributed by atoms with Gasteiger partial charge in [0.2, 0.25) is 4.96 Å². The van der Waals surface area contributed by atoms with Gasteiger partial charge in [0.1, 0.15) is 5.51 Å². The van der Waals surface area contributed by atoms with Crippen LogP contribution in [0.5, 0.6) is 0 Å². The molecule has 3 nitrogen and oxygen atoms in total. The van der Waals surface area contributed by atoms with Crippen molar-refractivity contribution in [2.24, 2.45) is 0 Å². The van der Waals surface area contributed by atoms with Crippen molar-refractivity contribution >= 4 is 16.3 Å². The first-order valence-electron chi connectivity index (χ1n) is 4.69. The van der Waals surface area contributed by atoms with E-state index in [0.29, 0.717) is 0 Å².